The maximum atomic E-state index is 12.5. The monoisotopic (exact) mass is 347 g/mol. The molecule has 1 aromatic heterocycles. The van der Waals surface area contributed by atoms with Crippen LogP contribution in [0.25, 0.3) is 11.3 Å². The number of alkyl halides is 3. The Labute approximate surface area is 140 Å². The summed E-state index contributed by atoms with van der Waals surface area (Å²) in [7, 11) is 0. The second-order valence-electron chi connectivity index (χ2n) is 5.14. The summed E-state index contributed by atoms with van der Waals surface area (Å²) in [5.74, 6) is -0.0338. The lowest BCUT2D eigenvalue weighted by atomic mass is 10.1. The Bertz CT molecular complexity index is 855. The van der Waals surface area contributed by atoms with Gasteiger partial charge in [0.25, 0.3) is 0 Å². The van der Waals surface area contributed by atoms with Gasteiger partial charge in [-0.2, -0.15) is 13.2 Å². The molecule has 0 aliphatic heterocycles. The molecule has 7 heteroatoms. The molecule has 2 aromatic carbocycles. The van der Waals surface area contributed by atoms with Crippen LogP contribution in [0.1, 0.15) is 21.8 Å². The molecule has 128 valence electrons. The first-order valence-corrected chi connectivity index (χ1v) is 7.28. The molecule has 0 unspecified atom stereocenters. The Balaban J connectivity index is 1.62. The molecule has 0 spiro atoms. The highest BCUT2D eigenvalue weighted by Gasteiger charge is 2.30. The minimum atomic E-state index is -4.45. The lowest BCUT2D eigenvalue weighted by Gasteiger charge is -2.07. The van der Waals surface area contributed by atoms with Crippen molar-refractivity contribution in [2.75, 3.05) is 0 Å². The first kappa shape index (κ1) is 16.8. The predicted octanol–water partition coefficient (Wildman–Crippen LogP) is 4.72. The van der Waals surface area contributed by atoms with Crippen LogP contribution in [0, 0.1) is 0 Å². The van der Waals surface area contributed by atoms with Gasteiger partial charge in [-0.3, -0.25) is 0 Å². The quantitative estimate of drug-likeness (QED) is 0.641. The number of ether oxygens (including phenoxy) is 1. The topological polar surface area (TPSA) is 52.3 Å². The minimum Gasteiger partial charge on any atom is -0.452 e. The summed E-state index contributed by atoms with van der Waals surface area (Å²) in [6, 6.07) is 13.0. The number of carbonyl (C=O) groups excluding carboxylic acids is 1. The second kappa shape index (κ2) is 6.80. The molecule has 0 bridgehead atoms. The molecule has 0 saturated carbocycles. The van der Waals surface area contributed by atoms with Gasteiger partial charge in [0.1, 0.15) is 0 Å². The fraction of sp³-hybridized carbons (Fsp3) is 0.111. The van der Waals surface area contributed by atoms with Crippen LogP contribution in [0.3, 0.4) is 0 Å². The third kappa shape index (κ3) is 4.06. The molecular formula is C18H12F3NO3. The van der Waals surface area contributed by atoms with E-state index in [1.54, 1.807) is 0 Å². The normalized spacial score (nSPS) is 11.3. The Morgan fingerprint density at radius 3 is 2.36 bits per heavy atom. The largest absolute Gasteiger partial charge is 0.452 e. The number of esters is 1. The summed E-state index contributed by atoms with van der Waals surface area (Å²) in [5.41, 5.74) is 0.0161. The fourth-order valence-corrected chi connectivity index (χ4v) is 2.12. The Morgan fingerprint density at radius 2 is 1.72 bits per heavy atom. The smallest absolute Gasteiger partial charge is 0.416 e. The van der Waals surface area contributed by atoms with Gasteiger partial charge in [-0.25, -0.2) is 9.78 Å². The van der Waals surface area contributed by atoms with Crippen molar-refractivity contribution in [1.82, 2.24) is 4.98 Å². The van der Waals surface area contributed by atoms with E-state index in [0.717, 1.165) is 29.8 Å². The Kier molecular flexibility index (Phi) is 4.56. The van der Waals surface area contributed by atoms with Crippen LogP contribution < -0.4 is 0 Å². The van der Waals surface area contributed by atoms with Crippen LogP contribution in [-0.2, 0) is 17.5 Å². The van der Waals surface area contributed by atoms with Crippen molar-refractivity contribution < 1.29 is 27.1 Å². The first-order valence-electron chi connectivity index (χ1n) is 7.28. The number of benzene rings is 2. The molecule has 0 atom stereocenters. The third-order valence-electron chi connectivity index (χ3n) is 3.39. The molecule has 0 fully saturated rings. The van der Waals surface area contributed by atoms with Crippen LogP contribution in [0.5, 0.6) is 0 Å². The zero-order valence-corrected chi connectivity index (χ0v) is 12.8. The first-order chi connectivity index (χ1) is 11.9. The molecule has 0 aliphatic carbocycles. The summed E-state index contributed by atoms with van der Waals surface area (Å²) < 4.78 is 48.0. The molecule has 0 amide bonds. The molecule has 3 rings (SSSR count). The van der Waals surface area contributed by atoms with Gasteiger partial charge in [-0.05, 0) is 24.3 Å². The Hall–Kier alpha value is -3.09. The molecule has 3 aromatic rings. The summed E-state index contributed by atoms with van der Waals surface area (Å²) in [6.45, 7) is -0.216. The zero-order chi connectivity index (χ0) is 17.9. The van der Waals surface area contributed by atoms with Gasteiger partial charge in [0, 0.05) is 5.56 Å². The second-order valence-corrected chi connectivity index (χ2v) is 5.14. The van der Waals surface area contributed by atoms with Crippen LogP contribution in [-0.4, -0.2) is 11.0 Å². The summed E-state index contributed by atoms with van der Waals surface area (Å²) >= 11 is 0. The third-order valence-corrected chi connectivity index (χ3v) is 3.39. The number of rotatable bonds is 4. The lowest BCUT2D eigenvalue weighted by molar-refractivity contribution is -0.137. The molecule has 0 radical (unpaired) electrons. The highest BCUT2D eigenvalue weighted by atomic mass is 19.4. The molecule has 0 N–H and O–H groups in total. The van der Waals surface area contributed by atoms with Crippen molar-refractivity contribution in [3.05, 3.63) is 77.8 Å². The van der Waals surface area contributed by atoms with E-state index in [2.05, 4.69) is 4.98 Å². The number of hydrogen-bond acceptors (Lipinski definition) is 4. The molecular weight excluding hydrogens is 335 g/mol. The SMILES string of the molecule is O=C(OCc1ncc(-c2ccccc2)o1)c1ccc(C(F)(F)F)cc1. The van der Waals surface area contributed by atoms with E-state index >= 15 is 0 Å². The standard InChI is InChI=1S/C18H12F3NO3/c19-18(20,21)14-8-6-13(7-9-14)17(23)24-11-16-22-10-15(25-16)12-4-2-1-3-5-12/h1-10H,11H2. The molecule has 25 heavy (non-hydrogen) atoms. The van der Waals surface area contributed by atoms with Gasteiger partial charge in [-0.15, -0.1) is 0 Å². The Morgan fingerprint density at radius 1 is 1.04 bits per heavy atom. The number of hydrogen-bond donors (Lipinski definition) is 0. The van der Waals surface area contributed by atoms with E-state index in [1.165, 1.54) is 6.20 Å². The van der Waals surface area contributed by atoms with Crippen molar-refractivity contribution >= 4 is 5.97 Å². The molecule has 0 saturated heterocycles. The number of aromatic nitrogens is 1. The van der Waals surface area contributed by atoms with Crippen molar-refractivity contribution in [3.63, 3.8) is 0 Å². The van der Waals surface area contributed by atoms with Gasteiger partial charge < -0.3 is 9.15 Å². The summed E-state index contributed by atoms with van der Waals surface area (Å²) in [4.78, 5) is 15.9. The van der Waals surface area contributed by atoms with Crippen molar-refractivity contribution in [2.24, 2.45) is 0 Å². The lowest BCUT2D eigenvalue weighted by Crippen LogP contribution is -2.08. The number of carbonyl (C=O) groups is 1. The van der Waals surface area contributed by atoms with Crippen LogP contribution in [0.4, 0.5) is 13.2 Å². The van der Waals surface area contributed by atoms with E-state index < -0.39 is 17.7 Å². The average Bonchev–Trinajstić information content (AvgIpc) is 3.09. The van der Waals surface area contributed by atoms with E-state index in [0.29, 0.717) is 5.76 Å². The van der Waals surface area contributed by atoms with Crippen LogP contribution in [0.2, 0.25) is 0 Å². The van der Waals surface area contributed by atoms with Gasteiger partial charge in [0.05, 0.1) is 17.3 Å². The number of nitrogens with zero attached hydrogens (tertiary/aromatic N) is 1. The van der Waals surface area contributed by atoms with E-state index in [9.17, 15) is 18.0 Å². The van der Waals surface area contributed by atoms with Crippen molar-refractivity contribution in [1.29, 1.82) is 0 Å². The van der Waals surface area contributed by atoms with Crippen molar-refractivity contribution in [3.8, 4) is 11.3 Å². The number of halogens is 3. The van der Waals surface area contributed by atoms with E-state index in [1.807, 2.05) is 30.3 Å². The van der Waals surface area contributed by atoms with Crippen LogP contribution >= 0.6 is 0 Å². The molecule has 4 nitrogen and oxygen atoms in total. The van der Waals surface area contributed by atoms with Gasteiger partial charge >= 0.3 is 12.1 Å². The maximum absolute atomic E-state index is 12.5. The minimum absolute atomic E-state index is 0.0165. The fourth-order valence-electron chi connectivity index (χ4n) is 2.12. The predicted molar refractivity (Wildman–Crippen MR) is 82.5 cm³/mol. The van der Waals surface area contributed by atoms with Crippen molar-refractivity contribution in [2.45, 2.75) is 12.8 Å². The van der Waals surface area contributed by atoms with E-state index in [-0.39, 0.29) is 18.1 Å². The molecule has 1 heterocycles. The van der Waals surface area contributed by atoms with Crippen LogP contribution in [0.15, 0.2) is 65.2 Å². The van der Waals surface area contributed by atoms with Gasteiger partial charge in [-0.1, -0.05) is 30.3 Å². The average molecular weight is 347 g/mol. The highest BCUT2D eigenvalue weighted by molar-refractivity contribution is 5.89. The number of oxazole rings is 1. The van der Waals surface area contributed by atoms with E-state index in [4.69, 9.17) is 9.15 Å². The van der Waals surface area contributed by atoms with Gasteiger partial charge in [0.15, 0.2) is 12.4 Å². The molecule has 0 aliphatic rings. The van der Waals surface area contributed by atoms with Gasteiger partial charge in [0.2, 0.25) is 5.89 Å². The summed E-state index contributed by atoms with van der Waals surface area (Å²) in [5, 5.41) is 0. The zero-order valence-electron chi connectivity index (χ0n) is 12.8. The summed E-state index contributed by atoms with van der Waals surface area (Å²) in [6.07, 6.45) is -2.94. The highest BCUT2D eigenvalue weighted by Crippen LogP contribution is 2.29. The maximum Gasteiger partial charge on any atom is 0.416 e.